The number of rotatable bonds is 11. The first-order chi connectivity index (χ1) is 20.5. The summed E-state index contributed by atoms with van der Waals surface area (Å²) in [5.41, 5.74) is -1.09. The molecule has 0 aromatic carbocycles. The van der Waals surface area contributed by atoms with E-state index in [1.807, 2.05) is 0 Å². The number of hydrogen-bond donors (Lipinski definition) is 1. The van der Waals surface area contributed by atoms with Crippen molar-refractivity contribution < 1.29 is 29.1 Å². The van der Waals surface area contributed by atoms with Crippen LogP contribution in [0.4, 0.5) is 0 Å². The van der Waals surface area contributed by atoms with Gasteiger partial charge in [-0.25, -0.2) is 0 Å². The molecule has 1 atom stereocenters. The van der Waals surface area contributed by atoms with E-state index in [4.69, 9.17) is 14.4 Å². The van der Waals surface area contributed by atoms with E-state index < -0.39 is 5.97 Å². The highest BCUT2D eigenvalue weighted by molar-refractivity contribution is 5.73. The van der Waals surface area contributed by atoms with Gasteiger partial charge in [-0.1, -0.05) is 38.5 Å². The van der Waals surface area contributed by atoms with Gasteiger partial charge in [-0.2, -0.15) is 10.1 Å². The number of carboxylic acid groups (broad SMARTS) is 1. The third-order valence-corrected chi connectivity index (χ3v) is 10.9. The summed E-state index contributed by atoms with van der Waals surface area (Å²) in [6.07, 6.45) is 16.3. The number of carboxylic acids is 1. The highest BCUT2D eigenvalue weighted by Crippen LogP contribution is 2.47. The van der Waals surface area contributed by atoms with Crippen molar-refractivity contribution in [2.75, 3.05) is 0 Å². The number of aliphatic carboxylic acids is 1. The quantitative estimate of drug-likeness (QED) is 0.231. The zero-order valence-corrected chi connectivity index (χ0v) is 29.3. The Labute approximate surface area is 267 Å². The predicted octanol–water partition coefficient (Wildman–Crippen LogP) is 8.22. The Bertz CT molecular complexity index is 930. The molecule has 4 rings (SSSR count). The van der Waals surface area contributed by atoms with Crippen LogP contribution in [0.3, 0.4) is 0 Å². The fourth-order valence-electron chi connectivity index (χ4n) is 9.36. The summed E-state index contributed by atoms with van der Waals surface area (Å²) in [5.74, 6) is -1.23. The second-order valence-electron chi connectivity index (χ2n) is 17.1. The molecule has 4 aliphatic rings. The van der Waals surface area contributed by atoms with Crippen LogP contribution in [0.2, 0.25) is 0 Å². The Morgan fingerprint density at radius 2 is 1.07 bits per heavy atom. The number of hydroxylamine groups is 4. The minimum Gasteiger partial charge on any atom is -0.481 e. The van der Waals surface area contributed by atoms with Gasteiger partial charge in [-0.05, 0) is 113 Å². The number of piperidine rings is 2. The molecule has 1 N–H and O–H groups in total. The number of ether oxygens (including phenoxy) is 1. The van der Waals surface area contributed by atoms with Crippen LogP contribution < -0.4 is 0 Å². The number of hydrogen-bond acceptors (Lipinski definition) is 7. The molecule has 44 heavy (non-hydrogen) atoms. The van der Waals surface area contributed by atoms with Crippen LogP contribution in [0.1, 0.15) is 165 Å². The summed E-state index contributed by atoms with van der Waals surface area (Å²) in [5, 5.41) is 13.8. The molecule has 2 aliphatic carbocycles. The van der Waals surface area contributed by atoms with E-state index in [1.165, 1.54) is 38.5 Å². The maximum absolute atomic E-state index is 14.2. The zero-order valence-electron chi connectivity index (χ0n) is 29.3. The van der Waals surface area contributed by atoms with Gasteiger partial charge in [0.05, 0.1) is 18.1 Å². The normalized spacial score (nSPS) is 28.0. The van der Waals surface area contributed by atoms with E-state index in [0.717, 1.165) is 38.5 Å². The van der Waals surface area contributed by atoms with Gasteiger partial charge in [0.15, 0.2) is 0 Å². The third kappa shape index (κ3) is 8.98. The lowest BCUT2D eigenvalue weighted by Crippen LogP contribution is -2.63. The van der Waals surface area contributed by atoms with Gasteiger partial charge in [0.1, 0.15) is 6.10 Å². The second kappa shape index (κ2) is 14.3. The number of carbonyl (C=O) groups excluding carboxylic acids is 1. The molecular formula is C36H64N2O6. The Balaban J connectivity index is 1.47. The Morgan fingerprint density at radius 1 is 0.659 bits per heavy atom. The lowest BCUT2D eigenvalue weighted by molar-refractivity contribution is -0.319. The zero-order chi connectivity index (χ0) is 32.3. The van der Waals surface area contributed by atoms with E-state index in [0.29, 0.717) is 25.7 Å². The first-order valence-corrected chi connectivity index (χ1v) is 17.9. The van der Waals surface area contributed by atoms with Crippen LogP contribution >= 0.6 is 0 Å². The van der Waals surface area contributed by atoms with E-state index >= 15 is 0 Å². The highest BCUT2D eigenvalue weighted by Gasteiger charge is 2.52. The molecular weight excluding hydrogens is 556 g/mol. The van der Waals surface area contributed by atoms with Crippen LogP contribution in [0.15, 0.2) is 0 Å². The monoisotopic (exact) mass is 620 g/mol. The van der Waals surface area contributed by atoms with Gasteiger partial charge in [0.25, 0.3) is 0 Å². The summed E-state index contributed by atoms with van der Waals surface area (Å²) in [6, 6.07) is 0. The summed E-state index contributed by atoms with van der Waals surface area (Å²) in [6.45, 7) is 17.7. The summed E-state index contributed by atoms with van der Waals surface area (Å²) in [4.78, 5) is 39.0. The summed E-state index contributed by atoms with van der Waals surface area (Å²) in [7, 11) is 0. The average molecular weight is 621 g/mol. The van der Waals surface area contributed by atoms with Crippen molar-refractivity contribution in [2.24, 2.45) is 11.8 Å². The largest absolute Gasteiger partial charge is 0.481 e. The lowest BCUT2D eigenvalue weighted by atomic mass is 9.69. The lowest BCUT2D eigenvalue weighted by Gasteiger charge is -2.56. The molecule has 0 bridgehead atoms. The Hall–Kier alpha value is -1.22. The molecule has 254 valence electrons. The molecule has 2 saturated carbocycles. The van der Waals surface area contributed by atoms with Crippen LogP contribution in [0, 0.1) is 11.8 Å². The topological polar surface area (TPSA) is 88.5 Å². The van der Waals surface area contributed by atoms with Gasteiger partial charge in [0, 0.05) is 41.4 Å². The van der Waals surface area contributed by atoms with Crippen molar-refractivity contribution in [2.45, 2.75) is 205 Å². The Morgan fingerprint density at radius 3 is 1.48 bits per heavy atom. The SMILES string of the molecule is CC1(C)CC(OC(=O)C(CCCC(=O)O)C2CC(C)(C)N(OC3CCCCC3)C(C)(C)C2)CC(C)(C)N1OC1CCCCC1. The van der Waals surface area contributed by atoms with E-state index in [9.17, 15) is 14.7 Å². The van der Waals surface area contributed by atoms with Crippen LogP contribution in [0.25, 0.3) is 0 Å². The van der Waals surface area contributed by atoms with Crippen LogP contribution in [0.5, 0.6) is 0 Å². The summed E-state index contributed by atoms with van der Waals surface area (Å²) >= 11 is 0. The molecule has 8 heteroatoms. The molecule has 2 heterocycles. The minimum atomic E-state index is -0.817. The van der Waals surface area contributed by atoms with E-state index in [2.05, 4.69) is 65.5 Å². The molecule has 2 saturated heterocycles. The van der Waals surface area contributed by atoms with Gasteiger partial charge in [0.2, 0.25) is 0 Å². The summed E-state index contributed by atoms with van der Waals surface area (Å²) < 4.78 is 6.45. The van der Waals surface area contributed by atoms with E-state index in [-0.39, 0.29) is 64.7 Å². The molecule has 8 nitrogen and oxygen atoms in total. The van der Waals surface area contributed by atoms with Gasteiger partial charge >= 0.3 is 11.9 Å². The van der Waals surface area contributed by atoms with Crippen molar-refractivity contribution in [3.63, 3.8) is 0 Å². The van der Waals surface area contributed by atoms with Crippen molar-refractivity contribution in [3.05, 3.63) is 0 Å². The van der Waals surface area contributed by atoms with Gasteiger partial charge < -0.3 is 9.84 Å². The number of nitrogens with zero attached hydrogens (tertiary/aromatic N) is 2. The fourth-order valence-corrected chi connectivity index (χ4v) is 9.36. The van der Waals surface area contributed by atoms with Crippen molar-refractivity contribution in [1.82, 2.24) is 10.1 Å². The molecule has 4 fully saturated rings. The Kier molecular flexibility index (Phi) is 11.6. The number of carbonyl (C=O) groups is 2. The maximum Gasteiger partial charge on any atom is 0.309 e. The van der Waals surface area contributed by atoms with Crippen LogP contribution in [-0.4, -0.2) is 67.6 Å². The van der Waals surface area contributed by atoms with E-state index in [1.54, 1.807) is 0 Å². The molecule has 1 unspecified atom stereocenters. The smallest absolute Gasteiger partial charge is 0.309 e. The number of esters is 1. The molecule has 2 aliphatic heterocycles. The molecule has 0 amide bonds. The van der Waals surface area contributed by atoms with Crippen LogP contribution in [-0.2, 0) is 24.0 Å². The predicted molar refractivity (Wildman–Crippen MR) is 173 cm³/mol. The maximum atomic E-state index is 14.2. The third-order valence-electron chi connectivity index (χ3n) is 10.9. The molecule has 0 aromatic heterocycles. The molecule has 0 radical (unpaired) electrons. The van der Waals surface area contributed by atoms with Crippen molar-refractivity contribution >= 4 is 11.9 Å². The first-order valence-electron chi connectivity index (χ1n) is 17.9. The fraction of sp³-hybridized carbons (Fsp3) is 0.944. The standard InChI is InChI=1S/C36H64N2O6/c1-33(2)22-26(23-34(3,4)37(33)43-27-16-11-9-12-17-27)30(20-15-21-31(39)40)32(41)42-29-24-35(5,6)38(36(7,8)25-29)44-28-18-13-10-14-19-28/h26-30H,9-25H2,1-8H3,(H,39,40). The van der Waals surface area contributed by atoms with Gasteiger partial charge in [-0.15, -0.1) is 0 Å². The van der Waals surface area contributed by atoms with Crippen molar-refractivity contribution in [1.29, 1.82) is 0 Å². The van der Waals surface area contributed by atoms with Crippen molar-refractivity contribution in [3.8, 4) is 0 Å². The highest BCUT2D eigenvalue weighted by atomic mass is 16.7. The first kappa shape index (κ1) is 35.6. The molecule has 0 aromatic rings. The second-order valence-corrected chi connectivity index (χ2v) is 17.1. The minimum absolute atomic E-state index is 0.0666. The van der Waals surface area contributed by atoms with Gasteiger partial charge in [-0.3, -0.25) is 19.3 Å². The average Bonchev–Trinajstić information content (AvgIpc) is 2.91. The molecule has 0 spiro atoms.